The molecule has 2 aromatic carbocycles. The smallest absolute Gasteiger partial charge is 0.231 e. The molecule has 2 atom stereocenters. The van der Waals surface area contributed by atoms with Gasteiger partial charge in [0.2, 0.25) is 5.91 Å². The third-order valence-electron chi connectivity index (χ3n) is 7.45. The van der Waals surface area contributed by atoms with Gasteiger partial charge >= 0.3 is 0 Å². The maximum absolute atomic E-state index is 13.4. The second kappa shape index (κ2) is 9.99. The largest absolute Gasteiger partial charge is 0.342 e. The zero-order chi connectivity index (χ0) is 22.6. The predicted octanol–water partition coefficient (Wildman–Crippen LogP) is 4.46. The summed E-state index contributed by atoms with van der Waals surface area (Å²) in [7, 11) is 0. The number of carbonyl (C=O) groups is 2. The minimum Gasteiger partial charge on any atom is -0.342 e. The van der Waals surface area contributed by atoms with E-state index >= 15 is 0 Å². The summed E-state index contributed by atoms with van der Waals surface area (Å²) in [5.41, 5.74) is 4.79. The van der Waals surface area contributed by atoms with Gasteiger partial charge in [-0.2, -0.15) is 0 Å². The first-order valence-corrected chi connectivity index (χ1v) is 12.2. The normalized spacial score (nSPS) is 23.3. The van der Waals surface area contributed by atoms with Gasteiger partial charge in [0.15, 0.2) is 5.78 Å². The average molecular weight is 434 g/mol. The Morgan fingerprint density at radius 3 is 2.31 bits per heavy atom. The number of hydrogen-bond donors (Lipinski definition) is 0. The first kappa shape index (κ1) is 22.7. The topological polar surface area (TPSA) is 37.4 Å². The first-order chi connectivity index (χ1) is 15.5. The maximum atomic E-state index is 13.4. The molecule has 0 bridgehead atoms. The van der Waals surface area contributed by atoms with E-state index in [0.29, 0.717) is 23.4 Å². The molecule has 2 aliphatic heterocycles. The Labute approximate surface area is 192 Å². The Morgan fingerprint density at radius 1 is 0.938 bits per heavy atom. The molecule has 2 unspecified atom stereocenters. The fraction of sp³-hybridized carbons (Fsp3) is 0.500. The Kier molecular flexibility index (Phi) is 7.10. The van der Waals surface area contributed by atoms with Crippen LogP contribution in [0.3, 0.4) is 0 Å². The lowest BCUT2D eigenvalue weighted by Crippen LogP contribution is -2.58. The molecule has 4 rings (SSSR count). The van der Waals surface area contributed by atoms with Crippen molar-refractivity contribution in [2.75, 3.05) is 32.7 Å². The number of nitrogens with zero attached hydrogens (tertiary/aromatic N) is 2. The van der Waals surface area contributed by atoms with Gasteiger partial charge in [-0.25, -0.2) is 0 Å². The molecule has 32 heavy (non-hydrogen) atoms. The molecule has 2 aromatic rings. The van der Waals surface area contributed by atoms with E-state index in [1.165, 1.54) is 16.7 Å². The molecular formula is C28H37N2O2+. The molecule has 0 N–H and O–H groups in total. The van der Waals surface area contributed by atoms with Crippen LogP contribution in [0.1, 0.15) is 47.9 Å². The maximum Gasteiger partial charge on any atom is 0.231 e. The number of aryl methyl sites for hydroxylation is 2. The number of ketones is 1. The van der Waals surface area contributed by atoms with Crippen molar-refractivity contribution in [3.05, 3.63) is 70.8 Å². The molecule has 2 heterocycles. The summed E-state index contributed by atoms with van der Waals surface area (Å²) in [5, 5.41) is 0. The summed E-state index contributed by atoms with van der Waals surface area (Å²) in [6.45, 7) is 9.07. The van der Waals surface area contributed by atoms with Crippen molar-refractivity contribution in [3.8, 4) is 0 Å². The average Bonchev–Trinajstić information content (AvgIpc) is 3.31. The van der Waals surface area contributed by atoms with Crippen LogP contribution < -0.4 is 0 Å². The number of piperidine rings is 1. The molecule has 2 aliphatic rings. The van der Waals surface area contributed by atoms with Crippen molar-refractivity contribution in [2.24, 2.45) is 5.92 Å². The Bertz CT molecular complexity index is 929. The molecule has 0 spiro atoms. The van der Waals surface area contributed by atoms with Crippen molar-refractivity contribution < 1.29 is 14.1 Å². The van der Waals surface area contributed by atoms with Crippen LogP contribution in [0.15, 0.2) is 48.5 Å². The van der Waals surface area contributed by atoms with Gasteiger partial charge in [0.05, 0.1) is 19.0 Å². The van der Waals surface area contributed by atoms with Gasteiger partial charge in [-0.05, 0) is 56.2 Å². The summed E-state index contributed by atoms with van der Waals surface area (Å²) in [5.74, 6) is 0.645. The molecule has 4 heteroatoms. The third kappa shape index (κ3) is 5.29. The Balaban J connectivity index is 1.55. The molecule has 0 saturated carbocycles. The summed E-state index contributed by atoms with van der Waals surface area (Å²) in [6, 6.07) is 16.7. The fourth-order valence-electron chi connectivity index (χ4n) is 5.79. The van der Waals surface area contributed by atoms with Gasteiger partial charge in [-0.1, -0.05) is 48.5 Å². The van der Waals surface area contributed by atoms with E-state index in [4.69, 9.17) is 0 Å². The summed E-state index contributed by atoms with van der Waals surface area (Å²) < 4.78 is 0.706. The number of Topliss-reactive ketones (excluding diaryl/α,β-unsaturated/α-hetero) is 1. The van der Waals surface area contributed by atoms with Crippen LogP contribution in [-0.4, -0.2) is 53.8 Å². The highest BCUT2D eigenvalue weighted by Crippen LogP contribution is 2.29. The lowest BCUT2D eigenvalue weighted by atomic mass is 9.92. The minimum absolute atomic E-state index is 0.0403. The van der Waals surface area contributed by atoms with Gasteiger partial charge in [-0.15, -0.1) is 0 Å². The van der Waals surface area contributed by atoms with Crippen LogP contribution in [0.5, 0.6) is 0 Å². The number of amides is 1. The van der Waals surface area contributed by atoms with E-state index in [0.717, 1.165) is 64.0 Å². The lowest BCUT2D eigenvalue weighted by molar-refractivity contribution is -0.940. The van der Waals surface area contributed by atoms with Crippen LogP contribution in [-0.2, 0) is 22.6 Å². The minimum atomic E-state index is 0.0403. The number of rotatable bonds is 7. The number of hydrogen-bond acceptors (Lipinski definition) is 2. The van der Waals surface area contributed by atoms with Crippen LogP contribution in [0.25, 0.3) is 0 Å². The molecule has 4 nitrogen and oxygen atoms in total. The van der Waals surface area contributed by atoms with Gasteiger partial charge in [0.1, 0.15) is 13.1 Å². The van der Waals surface area contributed by atoms with E-state index < -0.39 is 0 Å². The highest BCUT2D eigenvalue weighted by Gasteiger charge is 2.41. The number of quaternary nitrogens is 1. The molecule has 1 amide bonds. The lowest BCUT2D eigenvalue weighted by Gasteiger charge is -2.44. The molecule has 0 aliphatic carbocycles. The highest BCUT2D eigenvalue weighted by atomic mass is 16.2. The number of likely N-dealkylation sites (tertiary alicyclic amines) is 2. The van der Waals surface area contributed by atoms with Gasteiger partial charge in [0.25, 0.3) is 0 Å². The predicted molar refractivity (Wildman–Crippen MR) is 128 cm³/mol. The van der Waals surface area contributed by atoms with Gasteiger partial charge in [0, 0.05) is 25.1 Å². The molecule has 2 fully saturated rings. The molecule has 170 valence electrons. The van der Waals surface area contributed by atoms with Crippen LogP contribution >= 0.6 is 0 Å². The number of carbonyl (C=O) groups excluding carboxylic acids is 2. The van der Waals surface area contributed by atoms with Crippen molar-refractivity contribution in [2.45, 2.75) is 52.5 Å². The van der Waals surface area contributed by atoms with Crippen molar-refractivity contribution >= 4 is 11.7 Å². The fourth-order valence-corrected chi connectivity index (χ4v) is 5.79. The highest BCUT2D eigenvalue weighted by molar-refractivity contribution is 5.83. The van der Waals surface area contributed by atoms with E-state index in [-0.39, 0.29) is 11.7 Å². The number of benzene rings is 2. The summed E-state index contributed by atoms with van der Waals surface area (Å²) in [4.78, 5) is 28.7. The van der Waals surface area contributed by atoms with E-state index in [1.54, 1.807) is 0 Å². The van der Waals surface area contributed by atoms with Gasteiger partial charge < -0.3 is 9.38 Å². The molecule has 2 saturated heterocycles. The van der Waals surface area contributed by atoms with Crippen LogP contribution in [0.2, 0.25) is 0 Å². The van der Waals surface area contributed by atoms with E-state index in [2.05, 4.69) is 61.2 Å². The molecular weight excluding hydrogens is 396 g/mol. The summed E-state index contributed by atoms with van der Waals surface area (Å²) in [6.07, 6.45) is 4.69. The second-order valence-corrected chi connectivity index (χ2v) is 10.0. The first-order valence-electron chi connectivity index (χ1n) is 12.2. The quantitative estimate of drug-likeness (QED) is 0.605. The second-order valence-electron chi connectivity index (χ2n) is 10.0. The van der Waals surface area contributed by atoms with Crippen LogP contribution in [0.4, 0.5) is 0 Å². The van der Waals surface area contributed by atoms with Crippen LogP contribution in [0, 0.1) is 19.8 Å². The van der Waals surface area contributed by atoms with Crippen molar-refractivity contribution in [1.29, 1.82) is 0 Å². The van der Waals surface area contributed by atoms with Gasteiger partial charge in [-0.3, -0.25) is 9.59 Å². The van der Waals surface area contributed by atoms with Crippen molar-refractivity contribution in [3.63, 3.8) is 0 Å². The monoisotopic (exact) mass is 433 g/mol. The third-order valence-corrected chi connectivity index (χ3v) is 7.45. The molecule has 0 aromatic heterocycles. The standard InChI is InChI=1S/C28H37N2O2/c1-22-10-8-11-23(2)27(22)18-26(31)21-30(19-24-12-4-3-5-13-24)17-9-14-25(20-30)28(32)29-15-6-7-16-29/h3-5,8,10-13,25H,6-7,9,14-21H2,1-2H3/q+1. The molecule has 0 radical (unpaired) electrons. The van der Waals surface area contributed by atoms with E-state index in [9.17, 15) is 9.59 Å². The van der Waals surface area contributed by atoms with E-state index in [1.807, 2.05) is 6.07 Å². The zero-order valence-corrected chi connectivity index (χ0v) is 19.7. The summed E-state index contributed by atoms with van der Waals surface area (Å²) >= 11 is 0. The zero-order valence-electron chi connectivity index (χ0n) is 19.7. The SMILES string of the molecule is Cc1cccc(C)c1CC(=O)C[N+]1(Cc2ccccc2)CCCC(C(=O)N2CCCC2)C1. The van der Waals surface area contributed by atoms with Crippen molar-refractivity contribution in [1.82, 2.24) is 4.90 Å². The Morgan fingerprint density at radius 2 is 1.62 bits per heavy atom. The Hall–Kier alpha value is -2.46.